The van der Waals surface area contributed by atoms with Crippen molar-refractivity contribution in [2.75, 3.05) is 7.11 Å². The summed E-state index contributed by atoms with van der Waals surface area (Å²) >= 11 is 0. The van der Waals surface area contributed by atoms with Gasteiger partial charge in [-0.2, -0.15) is 0 Å². The number of hydrogen-bond acceptors (Lipinski definition) is 5. The van der Waals surface area contributed by atoms with Crippen LogP contribution >= 0.6 is 0 Å². The first-order chi connectivity index (χ1) is 11.1. The van der Waals surface area contributed by atoms with Crippen LogP contribution < -0.4 is 11.1 Å². The van der Waals surface area contributed by atoms with Crippen LogP contribution in [0.5, 0.6) is 0 Å². The molecule has 0 spiro atoms. The lowest BCUT2D eigenvalue weighted by molar-refractivity contribution is -0.145. The zero-order valence-corrected chi connectivity index (χ0v) is 15.9. The summed E-state index contributed by atoms with van der Waals surface area (Å²) in [6.07, 6.45) is 2.70. The first-order valence-electron chi connectivity index (χ1n) is 8.95. The molecule has 0 bridgehead atoms. The Morgan fingerprint density at radius 3 is 2.25 bits per heavy atom. The molecule has 0 aromatic heterocycles. The average molecular weight is 342 g/mol. The van der Waals surface area contributed by atoms with Gasteiger partial charge in [0, 0.05) is 12.1 Å². The molecule has 1 aliphatic rings. The Balaban J connectivity index is 2.86. The first kappa shape index (κ1) is 20.7. The molecule has 0 aromatic carbocycles. The van der Waals surface area contributed by atoms with Gasteiger partial charge in [0.2, 0.25) is 0 Å². The number of nitrogens with one attached hydrogen (secondary N) is 1. The number of nitrogens with two attached hydrogens (primary N) is 1. The van der Waals surface area contributed by atoms with Crippen LogP contribution in [-0.2, 0) is 14.3 Å². The Morgan fingerprint density at radius 2 is 1.79 bits per heavy atom. The zero-order chi connectivity index (χ0) is 18.5. The van der Waals surface area contributed by atoms with Gasteiger partial charge in [-0.1, -0.05) is 26.7 Å². The van der Waals surface area contributed by atoms with E-state index in [0.29, 0.717) is 18.8 Å². The van der Waals surface area contributed by atoms with Crippen molar-refractivity contribution in [2.24, 2.45) is 23.5 Å². The summed E-state index contributed by atoms with van der Waals surface area (Å²) in [6.45, 7) is 9.72. The van der Waals surface area contributed by atoms with Gasteiger partial charge in [-0.15, -0.1) is 0 Å². The Bertz CT molecular complexity index is 429. The predicted octanol–water partition coefficient (Wildman–Crippen LogP) is 2.84. The van der Waals surface area contributed by atoms with E-state index in [0.717, 1.165) is 12.8 Å². The zero-order valence-electron chi connectivity index (χ0n) is 15.9. The van der Waals surface area contributed by atoms with Gasteiger partial charge in [-0.05, 0) is 45.4 Å². The number of methoxy groups -OCH3 is 1. The molecule has 6 heteroatoms. The van der Waals surface area contributed by atoms with Crippen LogP contribution in [0.4, 0.5) is 4.79 Å². The molecule has 3 N–H and O–H groups in total. The van der Waals surface area contributed by atoms with E-state index in [1.54, 1.807) is 0 Å². The van der Waals surface area contributed by atoms with Crippen LogP contribution in [0.3, 0.4) is 0 Å². The van der Waals surface area contributed by atoms with E-state index in [9.17, 15) is 9.59 Å². The van der Waals surface area contributed by atoms with Gasteiger partial charge in [0.05, 0.1) is 13.0 Å². The molecule has 4 atom stereocenters. The molecule has 0 aromatic rings. The maximum Gasteiger partial charge on any atom is 0.407 e. The largest absolute Gasteiger partial charge is 0.469 e. The molecule has 1 fully saturated rings. The summed E-state index contributed by atoms with van der Waals surface area (Å²) in [4.78, 5) is 24.1. The molecule has 1 rings (SSSR count). The fraction of sp³-hybridized carbons (Fsp3) is 0.889. The van der Waals surface area contributed by atoms with Crippen molar-refractivity contribution in [2.45, 2.75) is 78.0 Å². The quantitative estimate of drug-likeness (QED) is 0.724. The summed E-state index contributed by atoms with van der Waals surface area (Å²) < 4.78 is 10.2. The summed E-state index contributed by atoms with van der Waals surface area (Å²) in [5, 5.41) is 2.93. The maximum atomic E-state index is 12.1. The van der Waals surface area contributed by atoms with Crippen LogP contribution in [0.15, 0.2) is 0 Å². The van der Waals surface area contributed by atoms with E-state index in [2.05, 4.69) is 19.2 Å². The average Bonchev–Trinajstić information content (AvgIpc) is 2.89. The highest BCUT2D eigenvalue weighted by atomic mass is 16.6. The number of carbonyl (C=O) groups excluding carboxylic acids is 2. The third-order valence-corrected chi connectivity index (χ3v) is 4.94. The lowest BCUT2D eigenvalue weighted by Crippen LogP contribution is -2.48. The second kappa shape index (κ2) is 8.70. The van der Waals surface area contributed by atoms with Crippen LogP contribution in [0.2, 0.25) is 0 Å². The van der Waals surface area contributed by atoms with Crippen LogP contribution in [0.25, 0.3) is 0 Å². The normalized spacial score (nSPS) is 25.4. The molecule has 0 saturated heterocycles. The Labute approximate surface area is 145 Å². The fourth-order valence-electron chi connectivity index (χ4n) is 3.66. The van der Waals surface area contributed by atoms with Crippen LogP contribution in [-0.4, -0.2) is 36.9 Å². The lowest BCUT2D eigenvalue weighted by Gasteiger charge is -2.32. The molecule has 6 nitrogen and oxygen atoms in total. The second-order valence-corrected chi connectivity index (χ2v) is 7.76. The summed E-state index contributed by atoms with van der Waals surface area (Å²) in [6, 6.07) is -0.228. The minimum Gasteiger partial charge on any atom is -0.469 e. The Hall–Kier alpha value is -1.30. The van der Waals surface area contributed by atoms with Gasteiger partial charge >= 0.3 is 12.1 Å². The molecule has 0 radical (unpaired) electrons. The molecule has 24 heavy (non-hydrogen) atoms. The molecule has 0 heterocycles. The van der Waals surface area contributed by atoms with Crippen molar-refractivity contribution in [3.05, 3.63) is 0 Å². The van der Waals surface area contributed by atoms with E-state index < -0.39 is 11.7 Å². The van der Waals surface area contributed by atoms with E-state index >= 15 is 0 Å². The highest BCUT2D eigenvalue weighted by Gasteiger charge is 2.43. The SMILES string of the molecule is CCC(CC)C(N)C1CC(C(=O)OC)CC1NC(=O)OC(C)(C)C. The topological polar surface area (TPSA) is 90.7 Å². The number of carbonyl (C=O) groups is 2. The third kappa shape index (κ3) is 5.65. The number of esters is 1. The van der Waals surface area contributed by atoms with Crippen molar-refractivity contribution in [1.29, 1.82) is 0 Å². The third-order valence-electron chi connectivity index (χ3n) is 4.94. The van der Waals surface area contributed by atoms with Crippen LogP contribution in [0, 0.1) is 17.8 Å². The number of rotatable bonds is 6. The first-order valence-corrected chi connectivity index (χ1v) is 8.95. The van der Waals surface area contributed by atoms with Gasteiger partial charge in [0.1, 0.15) is 5.60 Å². The summed E-state index contributed by atoms with van der Waals surface area (Å²) in [7, 11) is 1.40. The number of ether oxygens (including phenoxy) is 2. The monoisotopic (exact) mass is 342 g/mol. The summed E-state index contributed by atoms with van der Waals surface area (Å²) in [5.74, 6) is -0.0357. The van der Waals surface area contributed by atoms with E-state index in [1.807, 2.05) is 20.8 Å². The number of amides is 1. The summed E-state index contributed by atoms with van der Waals surface area (Å²) in [5.41, 5.74) is 5.94. The highest BCUT2D eigenvalue weighted by molar-refractivity contribution is 5.73. The molecule has 140 valence electrons. The Kier molecular flexibility index (Phi) is 7.52. The Morgan fingerprint density at radius 1 is 1.21 bits per heavy atom. The van der Waals surface area contributed by atoms with Crippen molar-refractivity contribution in [1.82, 2.24) is 5.32 Å². The molecular weight excluding hydrogens is 308 g/mol. The minimum absolute atomic E-state index is 0.0477. The molecule has 1 saturated carbocycles. The molecule has 0 aliphatic heterocycles. The number of hydrogen-bond donors (Lipinski definition) is 2. The molecule has 1 amide bonds. The lowest BCUT2D eigenvalue weighted by atomic mass is 9.82. The van der Waals surface area contributed by atoms with E-state index in [1.165, 1.54) is 7.11 Å². The van der Waals surface area contributed by atoms with Crippen molar-refractivity contribution in [3.8, 4) is 0 Å². The van der Waals surface area contributed by atoms with Gasteiger partial charge in [-0.3, -0.25) is 4.79 Å². The molecule has 4 unspecified atom stereocenters. The van der Waals surface area contributed by atoms with Gasteiger partial charge in [0.25, 0.3) is 0 Å². The van der Waals surface area contributed by atoms with E-state index in [4.69, 9.17) is 15.2 Å². The van der Waals surface area contributed by atoms with E-state index in [-0.39, 0.29) is 29.9 Å². The fourth-order valence-corrected chi connectivity index (χ4v) is 3.66. The van der Waals surface area contributed by atoms with Crippen molar-refractivity contribution < 1.29 is 19.1 Å². The standard InChI is InChI=1S/C18H34N2O4/c1-7-11(8-2)15(19)13-9-12(16(21)23-6)10-14(13)20-17(22)24-18(3,4)5/h11-15H,7-10,19H2,1-6H3,(H,20,22). The van der Waals surface area contributed by atoms with Gasteiger partial charge in [-0.25, -0.2) is 4.79 Å². The van der Waals surface area contributed by atoms with Crippen LogP contribution in [0.1, 0.15) is 60.3 Å². The second-order valence-electron chi connectivity index (χ2n) is 7.76. The molecular formula is C18H34N2O4. The highest BCUT2D eigenvalue weighted by Crippen LogP contribution is 2.37. The molecule has 1 aliphatic carbocycles. The number of alkyl carbamates (subject to hydrolysis) is 1. The maximum absolute atomic E-state index is 12.1. The van der Waals surface area contributed by atoms with Crippen molar-refractivity contribution in [3.63, 3.8) is 0 Å². The smallest absolute Gasteiger partial charge is 0.407 e. The van der Waals surface area contributed by atoms with Crippen molar-refractivity contribution >= 4 is 12.1 Å². The van der Waals surface area contributed by atoms with Gasteiger partial charge in [0.15, 0.2) is 0 Å². The van der Waals surface area contributed by atoms with Gasteiger partial charge < -0.3 is 20.5 Å². The minimum atomic E-state index is -0.558. The predicted molar refractivity (Wildman–Crippen MR) is 93.4 cm³/mol.